The first-order valence-electron chi connectivity index (χ1n) is 6.52. The van der Waals surface area contributed by atoms with E-state index in [1.165, 1.54) is 16.3 Å². The van der Waals surface area contributed by atoms with Crippen molar-refractivity contribution >= 4 is 28.5 Å². The van der Waals surface area contributed by atoms with Crippen LogP contribution in [-0.4, -0.2) is 9.38 Å². The maximum absolute atomic E-state index is 5.40. The van der Waals surface area contributed by atoms with Gasteiger partial charge in [-0.25, -0.2) is 0 Å². The number of benzene rings is 2. The zero-order chi connectivity index (χ0) is 13.5. The lowest BCUT2D eigenvalue weighted by molar-refractivity contribution is 1.12. The highest BCUT2D eigenvalue weighted by Crippen LogP contribution is 2.30. The second-order valence-corrected chi connectivity index (χ2v) is 5.17. The number of rotatable bonds is 1. The molecule has 2 nitrogen and oxygen atoms in total. The minimum atomic E-state index is 0.725. The van der Waals surface area contributed by atoms with Crippen LogP contribution in [0.15, 0.2) is 66.9 Å². The SMILES string of the molecule is S=c1[nH]c(-c2cccc3ccccc23)c2ccccn12. The van der Waals surface area contributed by atoms with E-state index < -0.39 is 0 Å². The van der Waals surface area contributed by atoms with Crippen LogP contribution < -0.4 is 0 Å². The van der Waals surface area contributed by atoms with Crippen molar-refractivity contribution < 1.29 is 0 Å². The van der Waals surface area contributed by atoms with Crippen molar-refractivity contribution in [1.82, 2.24) is 9.38 Å². The Morgan fingerprint density at radius 2 is 1.65 bits per heavy atom. The molecule has 0 unspecified atom stereocenters. The molecule has 0 fully saturated rings. The van der Waals surface area contributed by atoms with Crippen LogP contribution in [0, 0.1) is 4.77 Å². The van der Waals surface area contributed by atoms with Gasteiger partial charge in [-0.3, -0.25) is 4.40 Å². The van der Waals surface area contributed by atoms with E-state index in [9.17, 15) is 0 Å². The number of aromatic amines is 1. The van der Waals surface area contributed by atoms with Crippen molar-refractivity contribution in [2.24, 2.45) is 0 Å². The van der Waals surface area contributed by atoms with Crippen molar-refractivity contribution in [3.63, 3.8) is 0 Å². The Labute approximate surface area is 121 Å². The quantitative estimate of drug-likeness (QED) is 0.494. The van der Waals surface area contributed by atoms with Crippen LogP contribution in [0.4, 0.5) is 0 Å². The largest absolute Gasteiger partial charge is 0.330 e. The fraction of sp³-hybridized carbons (Fsp3) is 0. The smallest absolute Gasteiger partial charge is 0.182 e. The molecule has 0 saturated heterocycles. The Balaban J connectivity index is 2.15. The van der Waals surface area contributed by atoms with Crippen LogP contribution >= 0.6 is 12.2 Å². The van der Waals surface area contributed by atoms with Crippen molar-refractivity contribution in [2.45, 2.75) is 0 Å². The predicted octanol–water partition coefficient (Wildman–Crippen LogP) is 4.82. The first-order valence-corrected chi connectivity index (χ1v) is 6.93. The summed E-state index contributed by atoms with van der Waals surface area (Å²) >= 11 is 5.40. The van der Waals surface area contributed by atoms with E-state index in [1.54, 1.807) is 0 Å². The van der Waals surface area contributed by atoms with E-state index in [0.29, 0.717) is 0 Å². The molecule has 2 aromatic heterocycles. The highest BCUT2D eigenvalue weighted by atomic mass is 32.1. The summed E-state index contributed by atoms with van der Waals surface area (Å²) < 4.78 is 2.73. The highest BCUT2D eigenvalue weighted by Gasteiger charge is 2.09. The molecule has 0 spiro atoms. The van der Waals surface area contributed by atoms with Gasteiger partial charge in [-0.2, -0.15) is 0 Å². The Morgan fingerprint density at radius 3 is 2.60 bits per heavy atom. The van der Waals surface area contributed by atoms with Crippen LogP contribution in [0.3, 0.4) is 0 Å². The van der Waals surface area contributed by atoms with Crippen molar-refractivity contribution in [2.75, 3.05) is 0 Å². The molecule has 4 rings (SSSR count). The van der Waals surface area contributed by atoms with Crippen molar-refractivity contribution in [1.29, 1.82) is 0 Å². The average molecular weight is 276 g/mol. The number of hydrogen-bond donors (Lipinski definition) is 1. The molecule has 0 aliphatic carbocycles. The van der Waals surface area contributed by atoms with Gasteiger partial charge in [0.25, 0.3) is 0 Å². The molecule has 20 heavy (non-hydrogen) atoms. The molecule has 96 valence electrons. The van der Waals surface area contributed by atoms with Gasteiger partial charge < -0.3 is 4.98 Å². The van der Waals surface area contributed by atoms with Crippen molar-refractivity contribution in [3.05, 3.63) is 71.6 Å². The van der Waals surface area contributed by atoms with Gasteiger partial charge in [0.15, 0.2) is 4.77 Å². The summed E-state index contributed by atoms with van der Waals surface area (Å²) in [4.78, 5) is 3.34. The Morgan fingerprint density at radius 1 is 0.850 bits per heavy atom. The van der Waals surface area contributed by atoms with Gasteiger partial charge in [0.2, 0.25) is 0 Å². The monoisotopic (exact) mass is 276 g/mol. The molecular formula is C17H12N2S. The number of pyridine rings is 1. The molecule has 0 aliphatic heterocycles. The molecule has 3 heteroatoms. The summed E-state index contributed by atoms with van der Waals surface area (Å²) in [6.07, 6.45) is 1.99. The lowest BCUT2D eigenvalue weighted by Crippen LogP contribution is -1.83. The molecule has 0 atom stereocenters. The lowest BCUT2D eigenvalue weighted by atomic mass is 10.0. The molecule has 1 N–H and O–H groups in total. The fourth-order valence-electron chi connectivity index (χ4n) is 2.70. The third kappa shape index (κ3) is 1.60. The summed E-state index contributed by atoms with van der Waals surface area (Å²) in [7, 11) is 0. The van der Waals surface area contributed by atoms with Gasteiger partial charge in [-0.15, -0.1) is 0 Å². The maximum atomic E-state index is 5.40. The summed E-state index contributed by atoms with van der Waals surface area (Å²) in [5.41, 5.74) is 3.36. The summed E-state index contributed by atoms with van der Waals surface area (Å²) in [5, 5.41) is 2.47. The second kappa shape index (κ2) is 4.32. The third-order valence-electron chi connectivity index (χ3n) is 3.63. The molecular weight excluding hydrogens is 264 g/mol. The minimum Gasteiger partial charge on any atom is -0.330 e. The van der Waals surface area contributed by atoms with Gasteiger partial charge in [0.05, 0.1) is 11.2 Å². The maximum Gasteiger partial charge on any atom is 0.182 e. The summed E-state index contributed by atoms with van der Waals surface area (Å²) in [5.74, 6) is 0. The molecule has 0 amide bonds. The molecule has 2 heterocycles. The highest BCUT2D eigenvalue weighted by molar-refractivity contribution is 7.71. The summed E-state index contributed by atoms with van der Waals surface area (Å²) in [6.45, 7) is 0. The van der Waals surface area contributed by atoms with Gasteiger partial charge in [-0.1, -0.05) is 48.5 Å². The first-order chi connectivity index (χ1) is 9.84. The van der Waals surface area contributed by atoms with Crippen LogP contribution in [0.2, 0.25) is 0 Å². The standard InChI is InChI=1S/C17H12N2S/c20-17-18-16(15-10-3-4-11-19(15)17)14-9-5-7-12-6-1-2-8-13(12)14/h1-11H,(H,18,20). The fourth-order valence-corrected chi connectivity index (χ4v) is 2.97. The molecule has 0 bridgehead atoms. The van der Waals surface area contributed by atoms with Gasteiger partial charge in [0.1, 0.15) is 0 Å². The van der Waals surface area contributed by atoms with Crippen LogP contribution in [0.1, 0.15) is 0 Å². The molecule has 2 aromatic carbocycles. The van der Waals surface area contributed by atoms with Gasteiger partial charge >= 0.3 is 0 Å². The second-order valence-electron chi connectivity index (χ2n) is 4.79. The number of fused-ring (bicyclic) bond motifs is 2. The molecule has 4 aromatic rings. The topological polar surface area (TPSA) is 20.2 Å². The zero-order valence-electron chi connectivity index (χ0n) is 10.7. The normalized spacial score (nSPS) is 11.2. The first kappa shape index (κ1) is 11.4. The Bertz CT molecular complexity index is 974. The number of aromatic nitrogens is 2. The molecule has 0 radical (unpaired) electrons. The van der Waals surface area contributed by atoms with Gasteiger partial charge in [0, 0.05) is 11.8 Å². The van der Waals surface area contributed by atoms with E-state index in [0.717, 1.165) is 16.0 Å². The van der Waals surface area contributed by atoms with E-state index >= 15 is 0 Å². The van der Waals surface area contributed by atoms with Crippen LogP contribution in [0.5, 0.6) is 0 Å². The average Bonchev–Trinajstić information content (AvgIpc) is 2.84. The Hall–Kier alpha value is -2.39. The molecule has 0 saturated carbocycles. The summed E-state index contributed by atoms with van der Waals surface area (Å²) in [6, 6.07) is 20.9. The van der Waals surface area contributed by atoms with Crippen LogP contribution in [0.25, 0.3) is 27.5 Å². The third-order valence-corrected chi connectivity index (χ3v) is 3.92. The number of nitrogens with zero attached hydrogens (tertiary/aromatic N) is 1. The predicted molar refractivity (Wildman–Crippen MR) is 85.5 cm³/mol. The van der Waals surface area contributed by atoms with E-state index in [1.807, 2.05) is 22.7 Å². The Kier molecular flexibility index (Phi) is 2.47. The van der Waals surface area contributed by atoms with Crippen molar-refractivity contribution in [3.8, 4) is 11.3 Å². The van der Waals surface area contributed by atoms with Crippen LogP contribution in [-0.2, 0) is 0 Å². The van der Waals surface area contributed by atoms with E-state index in [-0.39, 0.29) is 0 Å². The number of H-pyrrole nitrogens is 1. The minimum absolute atomic E-state index is 0.725. The molecule has 0 aliphatic rings. The number of nitrogens with one attached hydrogen (secondary N) is 1. The zero-order valence-corrected chi connectivity index (χ0v) is 11.5. The van der Waals surface area contributed by atoms with E-state index in [2.05, 4.69) is 53.5 Å². The van der Waals surface area contributed by atoms with Gasteiger partial charge in [-0.05, 0) is 35.1 Å². The number of imidazole rings is 1. The van der Waals surface area contributed by atoms with E-state index in [4.69, 9.17) is 12.2 Å². The number of hydrogen-bond acceptors (Lipinski definition) is 1. The lowest BCUT2D eigenvalue weighted by Gasteiger charge is -2.05.